The van der Waals surface area contributed by atoms with E-state index in [0.717, 1.165) is 5.56 Å². The number of hydrogen-bond acceptors (Lipinski definition) is 3. The van der Waals surface area contributed by atoms with Gasteiger partial charge in [0, 0.05) is 18.0 Å². The Morgan fingerprint density at radius 1 is 1.37 bits per heavy atom. The van der Waals surface area contributed by atoms with Crippen molar-refractivity contribution < 1.29 is 13.2 Å². The van der Waals surface area contributed by atoms with Crippen molar-refractivity contribution in [2.75, 3.05) is 11.5 Å². The minimum atomic E-state index is -2.92. The molecule has 6 heteroatoms. The van der Waals surface area contributed by atoms with Gasteiger partial charge in [0.2, 0.25) is 5.91 Å². The van der Waals surface area contributed by atoms with Gasteiger partial charge in [-0.3, -0.25) is 4.79 Å². The van der Waals surface area contributed by atoms with E-state index < -0.39 is 9.84 Å². The number of carbonyl (C=O) groups excluding carboxylic acids is 1. The number of sulfone groups is 1. The fraction of sp³-hybridized carbons (Fsp3) is 0.462. The van der Waals surface area contributed by atoms with Gasteiger partial charge >= 0.3 is 0 Å². The van der Waals surface area contributed by atoms with Crippen molar-refractivity contribution in [2.24, 2.45) is 5.92 Å². The Labute approximate surface area is 118 Å². The zero-order valence-corrected chi connectivity index (χ0v) is 12.0. The Morgan fingerprint density at radius 2 is 2.11 bits per heavy atom. The molecule has 1 amide bonds. The molecule has 0 radical (unpaired) electrons. The van der Waals surface area contributed by atoms with Gasteiger partial charge in [0.05, 0.1) is 11.5 Å². The number of carbonyl (C=O) groups is 1. The summed E-state index contributed by atoms with van der Waals surface area (Å²) in [5, 5.41) is 3.39. The lowest BCUT2D eigenvalue weighted by Gasteiger charge is -2.09. The van der Waals surface area contributed by atoms with Crippen LogP contribution in [-0.4, -0.2) is 25.8 Å². The maximum atomic E-state index is 11.7. The monoisotopic (exact) mass is 301 g/mol. The van der Waals surface area contributed by atoms with Crippen molar-refractivity contribution in [3.8, 4) is 0 Å². The zero-order valence-electron chi connectivity index (χ0n) is 10.4. The molecule has 1 N–H and O–H groups in total. The van der Waals surface area contributed by atoms with Gasteiger partial charge in [0.25, 0.3) is 0 Å². The largest absolute Gasteiger partial charge is 0.352 e. The standard InChI is InChI=1S/C13H16ClNO3S/c14-12-4-2-1-3-11(12)8-15-13(16)7-10-5-6-19(17,18)9-10/h1-4,10H,5-9H2,(H,15,16)/t10-/m1/s1. The van der Waals surface area contributed by atoms with E-state index in [1.807, 2.05) is 18.2 Å². The maximum Gasteiger partial charge on any atom is 0.220 e. The summed E-state index contributed by atoms with van der Waals surface area (Å²) in [6.07, 6.45) is 0.853. The van der Waals surface area contributed by atoms with Crippen LogP contribution in [0.5, 0.6) is 0 Å². The van der Waals surface area contributed by atoms with Crippen LogP contribution in [-0.2, 0) is 21.2 Å². The first-order valence-electron chi connectivity index (χ1n) is 6.17. The van der Waals surface area contributed by atoms with Crippen LogP contribution < -0.4 is 5.32 Å². The van der Waals surface area contributed by atoms with Crippen LogP contribution in [0.15, 0.2) is 24.3 Å². The second-order valence-electron chi connectivity index (χ2n) is 4.84. The van der Waals surface area contributed by atoms with Gasteiger partial charge < -0.3 is 5.32 Å². The Hall–Kier alpha value is -1.07. The number of benzene rings is 1. The van der Waals surface area contributed by atoms with Crippen LogP contribution in [0.25, 0.3) is 0 Å². The number of rotatable bonds is 4. The van der Waals surface area contributed by atoms with E-state index in [-0.39, 0.29) is 29.8 Å². The molecule has 19 heavy (non-hydrogen) atoms. The highest BCUT2D eigenvalue weighted by molar-refractivity contribution is 7.91. The molecule has 1 aliphatic heterocycles. The van der Waals surface area contributed by atoms with Gasteiger partial charge in [-0.2, -0.15) is 0 Å². The topological polar surface area (TPSA) is 63.2 Å². The molecule has 1 fully saturated rings. The van der Waals surface area contributed by atoms with Gasteiger partial charge in [-0.25, -0.2) is 8.42 Å². The van der Waals surface area contributed by atoms with E-state index in [1.54, 1.807) is 6.07 Å². The molecular weight excluding hydrogens is 286 g/mol. The van der Waals surface area contributed by atoms with Crippen molar-refractivity contribution >= 4 is 27.3 Å². The van der Waals surface area contributed by atoms with Crippen LogP contribution in [0.1, 0.15) is 18.4 Å². The third-order valence-electron chi connectivity index (χ3n) is 3.23. The quantitative estimate of drug-likeness (QED) is 0.922. The van der Waals surface area contributed by atoms with Crippen molar-refractivity contribution in [1.29, 1.82) is 0 Å². The number of hydrogen-bond donors (Lipinski definition) is 1. The summed E-state index contributed by atoms with van der Waals surface area (Å²) in [6.45, 7) is 0.373. The first-order valence-corrected chi connectivity index (χ1v) is 8.37. The van der Waals surface area contributed by atoms with E-state index in [0.29, 0.717) is 18.0 Å². The molecule has 1 heterocycles. The number of nitrogens with one attached hydrogen (secondary N) is 1. The maximum absolute atomic E-state index is 11.7. The molecule has 4 nitrogen and oxygen atoms in total. The van der Waals surface area contributed by atoms with Crippen molar-refractivity contribution in [3.63, 3.8) is 0 Å². The van der Waals surface area contributed by atoms with Gasteiger partial charge in [0.15, 0.2) is 9.84 Å². The van der Waals surface area contributed by atoms with Gasteiger partial charge in [-0.05, 0) is 24.0 Å². The Kier molecular flexibility index (Phi) is 4.47. The Bertz CT molecular complexity index is 571. The minimum Gasteiger partial charge on any atom is -0.352 e. The van der Waals surface area contributed by atoms with E-state index in [4.69, 9.17) is 11.6 Å². The third-order valence-corrected chi connectivity index (χ3v) is 5.44. The predicted octanol–water partition coefficient (Wildman–Crippen LogP) is 1.78. The molecule has 1 aliphatic rings. The lowest BCUT2D eigenvalue weighted by atomic mass is 10.1. The molecule has 0 unspecified atom stereocenters. The van der Waals surface area contributed by atoms with Crippen molar-refractivity contribution in [1.82, 2.24) is 5.32 Å². The Balaban J connectivity index is 1.81. The predicted molar refractivity (Wildman–Crippen MR) is 74.7 cm³/mol. The summed E-state index contributed by atoms with van der Waals surface area (Å²) in [7, 11) is -2.92. The number of halogens is 1. The normalized spacial score (nSPS) is 21.2. The second kappa shape index (κ2) is 5.92. The smallest absolute Gasteiger partial charge is 0.220 e. The summed E-state index contributed by atoms with van der Waals surface area (Å²) in [5.74, 6) is 0.167. The highest BCUT2D eigenvalue weighted by Crippen LogP contribution is 2.21. The summed E-state index contributed by atoms with van der Waals surface area (Å²) in [4.78, 5) is 11.7. The highest BCUT2D eigenvalue weighted by Gasteiger charge is 2.29. The van der Waals surface area contributed by atoms with Crippen molar-refractivity contribution in [2.45, 2.75) is 19.4 Å². The average Bonchev–Trinajstić information content (AvgIpc) is 2.67. The summed E-state index contributed by atoms with van der Waals surface area (Å²) >= 11 is 5.98. The van der Waals surface area contributed by atoms with Gasteiger partial charge in [-0.15, -0.1) is 0 Å². The molecule has 0 aromatic heterocycles. The average molecular weight is 302 g/mol. The fourth-order valence-corrected chi connectivity index (χ4v) is 4.27. The van der Waals surface area contributed by atoms with Gasteiger partial charge in [0.1, 0.15) is 0 Å². The molecule has 2 rings (SSSR count). The van der Waals surface area contributed by atoms with E-state index in [1.165, 1.54) is 0 Å². The van der Waals surface area contributed by atoms with Crippen LogP contribution in [0.2, 0.25) is 5.02 Å². The first-order chi connectivity index (χ1) is 8.96. The molecule has 1 saturated heterocycles. The van der Waals surface area contributed by atoms with E-state index >= 15 is 0 Å². The summed E-state index contributed by atoms with van der Waals surface area (Å²) in [6, 6.07) is 7.31. The Morgan fingerprint density at radius 3 is 2.74 bits per heavy atom. The third kappa shape index (κ3) is 4.21. The van der Waals surface area contributed by atoms with Crippen LogP contribution in [0, 0.1) is 5.92 Å². The lowest BCUT2D eigenvalue weighted by molar-refractivity contribution is -0.122. The molecule has 0 bridgehead atoms. The summed E-state index contributed by atoms with van der Waals surface area (Å²) < 4.78 is 22.6. The second-order valence-corrected chi connectivity index (χ2v) is 7.48. The SMILES string of the molecule is O=C(C[C@H]1CCS(=O)(=O)C1)NCc1ccccc1Cl. The number of amides is 1. The molecule has 104 valence electrons. The molecular formula is C13H16ClNO3S. The van der Waals surface area contributed by atoms with Crippen LogP contribution in [0.3, 0.4) is 0 Å². The van der Waals surface area contributed by atoms with Crippen LogP contribution in [0.4, 0.5) is 0 Å². The molecule has 0 aliphatic carbocycles. The molecule has 1 aromatic carbocycles. The van der Waals surface area contributed by atoms with Crippen LogP contribution >= 0.6 is 11.6 Å². The molecule has 1 atom stereocenters. The van der Waals surface area contributed by atoms with E-state index in [9.17, 15) is 13.2 Å². The fourth-order valence-electron chi connectivity index (χ4n) is 2.20. The molecule has 0 spiro atoms. The molecule has 0 saturated carbocycles. The highest BCUT2D eigenvalue weighted by atomic mass is 35.5. The lowest BCUT2D eigenvalue weighted by Crippen LogP contribution is -2.25. The summed E-state index contributed by atoms with van der Waals surface area (Å²) in [5.41, 5.74) is 0.858. The van der Waals surface area contributed by atoms with E-state index in [2.05, 4.69) is 5.32 Å². The zero-order chi connectivity index (χ0) is 13.9. The van der Waals surface area contributed by atoms with Crippen molar-refractivity contribution in [3.05, 3.63) is 34.9 Å². The molecule has 1 aromatic rings. The minimum absolute atomic E-state index is 0.0451. The van der Waals surface area contributed by atoms with Gasteiger partial charge in [-0.1, -0.05) is 29.8 Å². The first kappa shape index (κ1) is 14.3.